The van der Waals surface area contributed by atoms with Gasteiger partial charge in [0.1, 0.15) is 0 Å². The Hall–Kier alpha value is -1.84. The molecule has 2 aliphatic carbocycles. The van der Waals surface area contributed by atoms with Crippen LogP contribution in [-0.4, -0.2) is 23.7 Å². The van der Waals surface area contributed by atoms with Gasteiger partial charge in [0.15, 0.2) is 0 Å². The number of carboxylic acids is 1. The Balaban J connectivity index is 1.79. The Labute approximate surface area is 168 Å². The van der Waals surface area contributed by atoms with E-state index in [2.05, 4.69) is 45.9 Å². The lowest BCUT2D eigenvalue weighted by molar-refractivity contribution is -0.153. The standard InChI is InChI=1S/C24H34O4/c1-16(2)17-6-8-19-18(14-17)7-9-20-23(3,12-5-13-24(19,20)4)15-28-22(27)11-10-21(25)26/h6,8,14,16,20H,5,7,9-13,15H2,1-4H3,(H,25,26)/t20-,23-,24+/m0/s1. The monoisotopic (exact) mass is 386 g/mol. The van der Waals surface area contributed by atoms with Gasteiger partial charge in [-0.25, -0.2) is 0 Å². The highest BCUT2D eigenvalue weighted by molar-refractivity contribution is 5.76. The number of fused-ring (bicyclic) bond motifs is 3. The first kappa shape index (κ1) is 20.9. The van der Waals surface area contributed by atoms with Crippen molar-refractivity contribution in [2.45, 2.75) is 84.0 Å². The van der Waals surface area contributed by atoms with Crippen LogP contribution in [0.3, 0.4) is 0 Å². The molecule has 0 radical (unpaired) electrons. The number of carbonyl (C=O) groups is 2. The number of carbonyl (C=O) groups excluding carboxylic acids is 1. The zero-order valence-electron chi connectivity index (χ0n) is 17.7. The molecule has 1 saturated carbocycles. The van der Waals surface area contributed by atoms with Crippen LogP contribution >= 0.6 is 0 Å². The van der Waals surface area contributed by atoms with E-state index in [1.807, 2.05) is 0 Å². The number of hydrogen-bond acceptors (Lipinski definition) is 3. The highest BCUT2D eigenvalue weighted by atomic mass is 16.5. The van der Waals surface area contributed by atoms with Gasteiger partial charge in [-0.15, -0.1) is 0 Å². The van der Waals surface area contributed by atoms with Crippen LogP contribution < -0.4 is 0 Å². The van der Waals surface area contributed by atoms with Crippen LogP contribution in [0.25, 0.3) is 0 Å². The van der Waals surface area contributed by atoms with Crippen LogP contribution in [0.15, 0.2) is 18.2 Å². The number of ether oxygens (including phenoxy) is 1. The highest BCUT2D eigenvalue weighted by Crippen LogP contribution is 2.57. The van der Waals surface area contributed by atoms with E-state index in [4.69, 9.17) is 9.84 Å². The number of aliphatic carboxylic acids is 1. The van der Waals surface area contributed by atoms with Gasteiger partial charge in [0.25, 0.3) is 0 Å². The molecule has 4 nitrogen and oxygen atoms in total. The van der Waals surface area contributed by atoms with Gasteiger partial charge in [-0.1, -0.05) is 52.3 Å². The Morgan fingerprint density at radius 3 is 2.64 bits per heavy atom. The second kappa shape index (κ2) is 7.88. The summed E-state index contributed by atoms with van der Waals surface area (Å²) in [5.41, 5.74) is 4.44. The minimum Gasteiger partial charge on any atom is -0.481 e. The number of rotatable bonds is 6. The van der Waals surface area contributed by atoms with Crippen molar-refractivity contribution in [2.24, 2.45) is 11.3 Å². The van der Waals surface area contributed by atoms with Gasteiger partial charge in [0, 0.05) is 5.41 Å². The first-order valence-electron chi connectivity index (χ1n) is 10.7. The van der Waals surface area contributed by atoms with Crippen molar-refractivity contribution in [3.63, 3.8) is 0 Å². The van der Waals surface area contributed by atoms with Gasteiger partial charge in [0.2, 0.25) is 0 Å². The first-order valence-corrected chi connectivity index (χ1v) is 10.7. The van der Waals surface area contributed by atoms with E-state index >= 15 is 0 Å². The molecule has 0 amide bonds. The number of esters is 1. The van der Waals surface area contributed by atoms with E-state index in [0.29, 0.717) is 18.4 Å². The maximum Gasteiger partial charge on any atom is 0.306 e. The Morgan fingerprint density at radius 2 is 1.96 bits per heavy atom. The van der Waals surface area contributed by atoms with Crippen LogP contribution in [0.5, 0.6) is 0 Å². The third-order valence-electron chi connectivity index (χ3n) is 7.27. The molecule has 0 spiro atoms. The van der Waals surface area contributed by atoms with Gasteiger partial charge in [0.05, 0.1) is 19.4 Å². The van der Waals surface area contributed by atoms with Crippen LogP contribution in [0.1, 0.15) is 88.8 Å². The van der Waals surface area contributed by atoms with Gasteiger partial charge < -0.3 is 9.84 Å². The molecule has 0 aromatic heterocycles. The molecule has 3 atom stereocenters. The summed E-state index contributed by atoms with van der Waals surface area (Å²) in [6.45, 7) is 9.53. The van der Waals surface area contributed by atoms with Gasteiger partial charge in [-0.2, -0.15) is 0 Å². The summed E-state index contributed by atoms with van der Waals surface area (Å²) < 4.78 is 5.57. The molecule has 154 valence electrons. The summed E-state index contributed by atoms with van der Waals surface area (Å²) in [5.74, 6) is -0.345. The average molecular weight is 387 g/mol. The molecule has 0 aliphatic heterocycles. The van der Waals surface area contributed by atoms with E-state index in [1.165, 1.54) is 23.1 Å². The summed E-state index contributed by atoms with van der Waals surface area (Å²) in [4.78, 5) is 22.7. The fourth-order valence-electron chi connectivity index (χ4n) is 5.70. The molecule has 1 aromatic carbocycles. The summed E-state index contributed by atoms with van der Waals surface area (Å²) in [6, 6.07) is 7.04. The quantitative estimate of drug-likeness (QED) is 0.680. The predicted octanol–water partition coefficient (Wildman–Crippen LogP) is 5.23. The number of hydrogen-bond donors (Lipinski definition) is 1. The van der Waals surface area contributed by atoms with E-state index < -0.39 is 11.9 Å². The molecule has 1 fully saturated rings. The lowest BCUT2D eigenvalue weighted by Crippen LogP contribution is -2.51. The normalized spacial score (nSPS) is 29.1. The zero-order valence-corrected chi connectivity index (χ0v) is 17.7. The van der Waals surface area contributed by atoms with Crippen LogP contribution in [0.2, 0.25) is 0 Å². The van der Waals surface area contributed by atoms with Crippen LogP contribution in [0, 0.1) is 11.3 Å². The minimum atomic E-state index is -0.960. The fourth-order valence-corrected chi connectivity index (χ4v) is 5.70. The average Bonchev–Trinajstić information content (AvgIpc) is 2.64. The van der Waals surface area contributed by atoms with Crippen molar-refractivity contribution in [2.75, 3.05) is 6.61 Å². The van der Waals surface area contributed by atoms with E-state index in [0.717, 1.165) is 25.7 Å². The SMILES string of the molecule is CC(C)c1ccc2c(c1)CC[C@H]1[C@](C)(COC(=O)CCC(=O)O)CCC[C@]21C. The summed E-state index contributed by atoms with van der Waals surface area (Å²) in [6.07, 6.45) is 5.35. The maximum absolute atomic E-state index is 12.0. The fraction of sp³-hybridized carbons (Fsp3) is 0.667. The maximum atomic E-state index is 12.0. The second-order valence-electron chi connectivity index (χ2n) is 9.64. The second-order valence-corrected chi connectivity index (χ2v) is 9.64. The molecule has 2 aliphatic rings. The van der Waals surface area contributed by atoms with Gasteiger partial charge in [-0.3, -0.25) is 9.59 Å². The molecule has 0 bridgehead atoms. The Kier molecular flexibility index (Phi) is 5.88. The number of carboxylic acid groups (broad SMARTS) is 1. The van der Waals surface area contributed by atoms with Crippen LogP contribution in [-0.2, 0) is 26.2 Å². The van der Waals surface area contributed by atoms with Crippen LogP contribution in [0.4, 0.5) is 0 Å². The van der Waals surface area contributed by atoms with E-state index in [-0.39, 0.29) is 23.7 Å². The molecular formula is C24H34O4. The molecule has 4 heteroatoms. The summed E-state index contributed by atoms with van der Waals surface area (Å²) in [7, 11) is 0. The zero-order chi connectivity index (χ0) is 20.5. The van der Waals surface area contributed by atoms with E-state index in [9.17, 15) is 9.59 Å². The Bertz CT molecular complexity index is 753. The highest BCUT2D eigenvalue weighted by Gasteiger charge is 2.52. The predicted molar refractivity (Wildman–Crippen MR) is 109 cm³/mol. The number of aryl methyl sites for hydroxylation is 1. The summed E-state index contributed by atoms with van der Waals surface area (Å²) >= 11 is 0. The molecule has 0 unspecified atom stereocenters. The third-order valence-corrected chi connectivity index (χ3v) is 7.27. The summed E-state index contributed by atoms with van der Waals surface area (Å²) in [5, 5.41) is 8.76. The Morgan fingerprint density at radius 1 is 1.21 bits per heavy atom. The molecule has 1 aromatic rings. The number of benzene rings is 1. The van der Waals surface area contributed by atoms with Gasteiger partial charge >= 0.3 is 11.9 Å². The molecule has 0 heterocycles. The molecule has 0 saturated heterocycles. The molecule has 3 rings (SSSR count). The molecule has 28 heavy (non-hydrogen) atoms. The van der Waals surface area contributed by atoms with Crippen molar-refractivity contribution >= 4 is 11.9 Å². The van der Waals surface area contributed by atoms with E-state index in [1.54, 1.807) is 0 Å². The van der Waals surface area contributed by atoms with Crippen molar-refractivity contribution < 1.29 is 19.4 Å². The van der Waals surface area contributed by atoms with Crippen molar-refractivity contribution in [1.29, 1.82) is 0 Å². The minimum absolute atomic E-state index is 0.0475. The lowest BCUT2D eigenvalue weighted by atomic mass is 9.50. The molecule has 1 N–H and O–H groups in total. The van der Waals surface area contributed by atoms with Crippen molar-refractivity contribution in [3.05, 3.63) is 34.9 Å². The van der Waals surface area contributed by atoms with Crippen molar-refractivity contribution in [1.82, 2.24) is 0 Å². The van der Waals surface area contributed by atoms with Crippen molar-refractivity contribution in [3.8, 4) is 0 Å². The lowest BCUT2D eigenvalue weighted by Gasteiger charge is -2.55. The first-order chi connectivity index (χ1) is 13.2. The van der Waals surface area contributed by atoms with Gasteiger partial charge in [-0.05, 0) is 59.6 Å². The third kappa shape index (κ3) is 3.97. The smallest absolute Gasteiger partial charge is 0.306 e. The largest absolute Gasteiger partial charge is 0.481 e. The molecular weight excluding hydrogens is 352 g/mol. The topological polar surface area (TPSA) is 63.6 Å².